The van der Waals surface area contributed by atoms with Crippen LogP contribution in [0.3, 0.4) is 0 Å². The molecule has 5 rings (SSSR count). The van der Waals surface area contributed by atoms with Gasteiger partial charge >= 0.3 is 0 Å². The predicted octanol–water partition coefficient (Wildman–Crippen LogP) is 2.41. The Kier molecular flexibility index (Phi) is 3.98. The summed E-state index contributed by atoms with van der Waals surface area (Å²) in [6.07, 6.45) is 4.32. The molecule has 2 aromatic heterocycles. The third kappa shape index (κ3) is 2.64. The second-order valence-electron chi connectivity index (χ2n) is 8.51. The number of ether oxygens (including phenoxy) is 1. The van der Waals surface area contributed by atoms with E-state index in [0.29, 0.717) is 35.4 Å². The summed E-state index contributed by atoms with van der Waals surface area (Å²) in [6.45, 7) is 8.06. The Hall–Kier alpha value is -2.41. The van der Waals surface area contributed by atoms with Gasteiger partial charge in [0, 0.05) is 37.7 Å². The second kappa shape index (κ2) is 6.30. The minimum atomic E-state index is -0.108. The third-order valence-electron chi connectivity index (χ3n) is 6.76. The number of carbonyl (C=O) groups excluding carboxylic acids is 1. The molecule has 3 fully saturated rings. The van der Waals surface area contributed by atoms with Crippen LogP contribution >= 0.6 is 0 Å². The number of hydrogen-bond acceptors (Lipinski definition) is 6. The number of amides is 1. The van der Waals surface area contributed by atoms with Crippen LogP contribution in [0.4, 0.5) is 5.82 Å². The fourth-order valence-electron chi connectivity index (χ4n) is 5.39. The Morgan fingerprint density at radius 1 is 1.36 bits per heavy atom. The highest BCUT2D eigenvalue weighted by Crippen LogP contribution is 2.55. The van der Waals surface area contributed by atoms with Crippen molar-refractivity contribution in [3.8, 4) is 0 Å². The van der Waals surface area contributed by atoms with Crippen molar-refractivity contribution in [1.82, 2.24) is 15.5 Å². The molecule has 0 saturated carbocycles. The summed E-state index contributed by atoms with van der Waals surface area (Å²) in [5, 5.41) is 6.99. The normalized spacial score (nSPS) is 30.7. The van der Waals surface area contributed by atoms with Gasteiger partial charge in [0.15, 0.2) is 0 Å². The molecule has 148 valence electrons. The lowest BCUT2D eigenvalue weighted by Crippen LogP contribution is -2.42. The van der Waals surface area contributed by atoms with E-state index in [1.54, 1.807) is 13.8 Å². The molecule has 2 bridgehead atoms. The minimum absolute atomic E-state index is 0.0876. The van der Waals surface area contributed by atoms with Crippen LogP contribution < -0.4 is 10.2 Å². The van der Waals surface area contributed by atoms with Crippen molar-refractivity contribution in [1.29, 1.82) is 0 Å². The average molecular weight is 382 g/mol. The number of aryl methyl sites for hydroxylation is 3. The van der Waals surface area contributed by atoms with E-state index in [2.05, 4.69) is 39.4 Å². The summed E-state index contributed by atoms with van der Waals surface area (Å²) < 4.78 is 11.6. The molecule has 3 aliphatic rings. The molecule has 3 saturated heterocycles. The molecule has 4 atom stereocenters. The number of carbonyl (C=O) groups is 1. The zero-order valence-corrected chi connectivity index (χ0v) is 16.6. The van der Waals surface area contributed by atoms with Crippen LogP contribution in [0.15, 0.2) is 22.9 Å². The molecular formula is C21H26N4O3. The van der Waals surface area contributed by atoms with E-state index in [0.717, 1.165) is 31.7 Å². The number of aromatic nitrogens is 2. The van der Waals surface area contributed by atoms with E-state index in [9.17, 15) is 4.79 Å². The highest BCUT2D eigenvalue weighted by Gasteiger charge is 2.63. The molecule has 5 heterocycles. The molecule has 7 nitrogen and oxygen atoms in total. The molecule has 2 aromatic rings. The van der Waals surface area contributed by atoms with Crippen LogP contribution in [0, 0.1) is 32.6 Å². The standard InChI is InChI=1S/C21H26N4O3/c1-12-4-5-18(22-8-12)25-10-16-15(17-6-7-21(16,11-25)27-17)9-23-20(26)19-13(2)24-28-14(19)3/h4-5,8,15-17H,6-7,9-11H2,1-3H3,(H,23,26)/t15-,16+,17+,21+/m0/s1. The first kappa shape index (κ1) is 17.7. The first-order valence-electron chi connectivity index (χ1n) is 10.0. The van der Waals surface area contributed by atoms with Gasteiger partial charge in [-0.25, -0.2) is 4.98 Å². The van der Waals surface area contributed by atoms with E-state index in [4.69, 9.17) is 9.26 Å². The summed E-state index contributed by atoms with van der Waals surface area (Å²) in [7, 11) is 0. The molecule has 7 heteroatoms. The van der Waals surface area contributed by atoms with Crippen molar-refractivity contribution in [2.75, 3.05) is 24.5 Å². The average Bonchev–Trinajstić information content (AvgIpc) is 3.40. The van der Waals surface area contributed by atoms with Crippen molar-refractivity contribution in [3.05, 3.63) is 40.9 Å². The van der Waals surface area contributed by atoms with Gasteiger partial charge in [-0.1, -0.05) is 11.2 Å². The van der Waals surface area contributed by atoms with E-state index in [-0.39, 0.29) is 17.6 Å². The van der Waals surface area contributed by atoms with E-state index in [1.807, 2.05) is 6.20 Å². The van der Waals surface area contributed by atoms with Gasteiger partial charge in [0.1, 0.15) is 17.1 Å². The number of pyridine rings is 1. The maximum absolute atomic E-state index is 12.6. The highest BCUT2D eigenvalue weighted by molar-refractivity contribution is 5.96. The Labute approximate surface area is 164 Å². The SMILES string of the molecule is Cc1ccc(N2C[C@@H]3[C@H](CNC(=O)c4c(C)noc4C)[C@H]4CC[C@]3(C2)O4)nc1. The van der Waals surface area contributed by atoms with Crippen LogP contribution in [0.5, 0.6) is 0 Å². The Bertz CT molecular complexity index is 889. The highest BCUT2D eigenvalue weighted by atomic mass is 16.5. The number of nitrogens with zero attached hydrogens (tertiary/aromatic N) is 3. The van der Waals surface area contributed by atoms with Gasteiger partial charge in [0.25, 0.3) is 5.91 Å². The molecule has 1 N–H and O–H groups in total. The smallest absolute Gasteiger partial charge is 0.256 e. The molecule has 0 radical (unpaired) electrons. The van der Waals surface area contributed by atoms with E-state index < -0.39 is 0 Å². The molecule has 3 aliphatic heterocycles. The van der Waals surface area contributed by atoms with Crippen molar-refractivity contribution in [2.45, 2.75) is 45.3 Å². The lowest BCUT2D eigenvalue weighted by atomic mass is 9.73. The zero-order chi connectivity index (χ0) is 19.5. The van der Waals surface area contributed by atoms with Gasteiger partial charge in [-0.3, -0.25) is 4.79 Å². The summed E-state index contributed by atoms with van der Waals surface area (Å²) in [5.41, 5.74) is 2.26. The van der Waals surface area contributed by atoms with Crippen LogP contribution in [0.1, 0.15) is 40.2 Å². The minimum Gasteiger partial charge on any atom is -0.369 e. The molecule has 0 unspecified atom stereocenters. The molecular weight excluding hydrogens is 356 g/mol. The quantitative estimate of drug-likeness (QED) is 0.875. The largest absolute Gasteiger partial charge is 0.369 e. The molecule has 0 aliphatic carbocycles. The Morgan fingerprint density at radius 3 is 2.93 bits per heavy atom. The zero-order valence-electron chi connectivity index (χ0n) is 16.6. The first-order chi connectivity index (χ1) is 13.5. The van der Waals surface area contributed by atoms with E-state index >= 15 is 0 Å². The van der Waals surface area contributed by atoms with Gasteiger partial charge in [0.05, 0.1) is 17.4 Å². The number of fused-ring (bicyclic) bond motifs is 1. The summed E-state index contributed by atoms with van der Waals surface area (Å²) >= 11 is 0. The van der Waals surface area contributed by atoms with Gasteiger partial charge < -0.3 is 19.5 Å². The fraction of sp³-hybridized carbons (Fsp3) is 0.571. The summed E-state index contributed by atoms with van der Waals surface area (Å²) in [6, 6.07) is 4.20. The Morgan fingerprint density at radius 2 is 2.21 bits per heavy atom. The molecule has 0 aromatic carbocycles. The lowest BCUT2D eigenvalue weighted by Gasteiger charge is -2.29. The maximum Gasteiger partial charge on any atom is 0.256 e. The van der Waals surface area contributed by atoms with Gasteiger partial charge in [0.2, 0.25) is 0 Å². The maximum atomic E-state index is 12.6. The molecule has 28 heavy (non-hydrogen) atoms. The van der Waals surface area contributed by atoms with Crippen molar-refractivity contribution in [3.63, 3.8) is 0 Å². The van der Waals surface area contributed by atoms with Crippen molar-refractivity contribution >= 4 is 11.7 Å². The van der Waals surface area contributed by atoms with Crippen LogP contribution in [0.2, 0.25) is 0 Å². The number of nitrogens with one attached hydrogen (secondary N) is 1. The fourth-order valence-corrected chi connectivity index (χ4v) is 5.39. The van der Waals surface area contributed by atoms with Crippen LogP contribution in [-0.4, -0.2) is 47.4 Å². The van der Waals surface area contributed by atoms with Crippen molar-refractivity contribution < 1.29 is 14.1 Å². The van der Waals surface area contributed by atoms with Gasteiger partial charge in [-0.15, -0.1) is 0 Å². The monoisotopic (exact) mass is 382 g/mol. The van der Waals surface area contributed by atoms with Gasteiger partial charge in [-0.05, 0) is 45.2 Å². The predicted molar refractivity (Wildman–Crippen MR) is 103 cm³/mol. The summed E-state index contributed by atoms with van der Waals surface area (Å²) in [4.78, 5) is 19.6. The number of anilines is 1. The second-order valence-corrected chi connectivity index (χ2v) is 8.51. The summed E-state index contributed by atoms with van der Waals surface area (Å²) in [5.74, 6) is 2.21. The first-order valence-corrected chi connectivity index (χ1v) is 10.0. The topological polar surface area (TPSA) is 80.5 Å². The van der Waals surface area contributed by atoms with Crippen molar-refractivity contribution in [2.24, 2.45) is 11.8 Å². The van der Waals surface area contributed by atoms with Crippen LogP contribution in [0.25, 0.3) is 0 Å². The third-order valence-corrected chi connectivity index (χ3v) is 6.76. The molecule has 1 spiro atoms. The molecule has 1 amide bonds. The Balaban J connectivity index is 1.30. The number of hydrogen-bond donors (Lipinski definition) is 1. The number of rotatable bonds is 4. The lowest BCUT2D eigenvalue weighted by molar-refractivity contribution is 0.0141. The van der Waals surface area contributed by atoms with E-state index in [1.165, 1.54) is 5.56 Å². The van der Waals surface area contributed by atoms with Gasteiger partial charge in [-0.2, -0.15) is 0 Å². The van der Waals surface area contributed by atoms with Crippen LogP contribution in [-0.2, 0) is 4.74 Å².